The Labute approximate surface area is 179 Å². The number of benzene rings is 1. The van der Waals surface area contributed by atoms with Crippen molar-refractivity contribution in [1.29, 1.82) is 0 Å². The summed E-state index contributed by atoms with van der Waals surface area (Å²) in [4.78, 5) is 0. The van der Waals surface area contributed by atoms with E-state index in [-0.39, 0.29) is 11.5 Å². The highest BCUT2D eigenvalue weighted by Crippen LogP contribution is 2.67. The molecule has 0 bridgehead atoms. The normalized spacial score (nSPS) is 46.7. The molecule has 0 amide bonds. The van der Waals surface area contributed by atoms with Crippen LogP contribution in [0.5, 0.6) is 0 Å². The second-order valence-electron chi connectivity index (χ2n) is 10.8. The van der Waals surface area contributed by atoms with E-state index < -0.39 is 0 Å². The van der Waals surface area contributed by atoms with Crippen LogP contribution in [0, 0.1) is 34.5 Å². The van der Waals surface area contributed by atoms with Crippen LogP contribution in [0.25, 0.3) is 6.08 Å². The summed E-state index contributed by atoms with van der Waals surface area (Å²) in [7, 11) is 0. The van der Waals surface area contributed by atoms with Gasteiger partial charge in [0.1, 0.15) is 0 Å². The van der Waals surface area contributed by atoms with Gasteiger partial charge in [0.15, 0.2) is 0 Å². The number of aliphatic hydroxyl groups excluding tert-OH is 1. The zero-order valence-electron chi connectivity index (χ0n) is 17.5. The molecule has 7 atom stereocenters. The third kappa shape index (κ3) is 2.88. The van der Waals surface area contributed by atoms with Crippen molar-refractivity contribution >= 4 is 22.0 Å². The molecule has 2 heteroatoms. The third-order valence-electron chi connectivity index (χ3n) is 9.67. The van der Waals surface area contributed by atoms with Gasteiger partial charge in [-0.25, -0.2) is 0 Å². The standard InChI is InChI=1S/C26H35BrO/c1-25-13-4-3-5-19(25)8-11-21-22(25)12-14-26(2)23(21)16-18(24(26)28)15-17-6-9-20(27)10-7-17/h6-7,9-10,15,19,21-24,28H,3-5,8,11-14,16H2,1-2H3/b18-15+. The summed E-state index contributed by atoms with van der Waals surface area (Å²) in [5.41, 5.74) is 3.16. The highest BCUT2D eigenvalue weighted by Gasteiger charge is 2.60. The van der Waals surface area contributed by atoms with Crippen LogP contribution in [0.3, 0.4) is 0 Å². The molecule has 5 rings (SSSR count). The lowest BCUT2D eigenvalue weighted by atomic mass is 9.45. The van der Waals surface area contributed by atoms with Gasteiger partial charge in [0.25, 0.3) is 0 Å². The summed E-state index contributed by atoms with van der Waals surface area (Å²) >= 11 is 3.53. The second kappa shape index (κ2) is 6.98. The van der Waals surface area contributed by atoms with Crippen molar-refractivity contribution in [3.63, 3.8) is 0 Å². The molecule has 4 aliphatic carbocycles. The fourth-order valence-electron chi connectivity index (χ4n) is 8.07. The van der Waals surface area contributed by atoms with Gasteiger partial charge in [-0.3, -0.25) is 0 Å². The molecular formula is C26H35BrO. The van der Waals surface area contributed by atoms with E-state index in [4.69, 9.17) is 0 Å². The number of hydrogen-bond donors (Lipinski definition) is 1. The molecule has 1 N–H and O–H groups in total. The second-order valence-corrected chi connectivity index (χ2v) is 11.7. The van der Waals surface area contributed by atoms with Crippen molar-refractivity contribution in [2.75, 3.05) is 0 Å². The Morgan fingerprint density at radius 2 is 1.71 bits per heavy atom. The largest absolute Gasteiger partial charge is 0.388 e. The van der Waals surface area contributed by atoms with E-state index in [1.165, 1.54) is 62.5 Å². The van der Waals surface area contributed by atoms with Gasteiger partial charge in [0.2, 0.25) is 0 Å². The van der Waals surface area contributed by atoms with Crippen molar-refractivity contribution in [2.45, 2.75) is 77.7 Å². The molecule has 1 aromatic rings. The van der Waals surface area contributed by atoms with Gasteiger partial charge in [-0.15, -0.1) is 0 Å². The molecule has 152 valence electrons. The van der Waals surface area contributed by atoms with Gasteiger partial charge < -0.3 is 5.11 Å². The highest BCUT2D eigenvalue weighted by molar-refractivity contribution is 9.10. The van der Waals surface area contributed by atoms with Crippen LogP contribution >= 0.6 is 15.9 Å². The topological polar surface area (TPSA) is 20.2 Å². The number of hydrogen-bond acceptors (Lipinski definition) is 1. The Kier molecular flexibility index (Phi) is 4.83. The Morgan fingerprint density at radius 3 is 2.50 bits per heavy atom. The number of fused-ring (bicyclic) bond motifs is 5. The number of halogens is 1. The van der Waals surface area contributed by atoms with Gasteiger partial charge in [0.05, 0.1) is 6.10 Å². The van der Waals surface area contributed by atoms with E-state index in [0.29, 0.717) is 11.3 Å². The fraction of sp³-hybridized carbons (Fsp3) is 0.692. The monoisotopic (exact) mass is 442 g/mol. The van der Waals surface area contributed by atoms with Crippen LogP contribution in [0.4, 0.5) is 0 Å². The average Bonchev–Trinajstić information content (AvgIpc) is 2.94. The van der Waals surface area contributed by atoms with Crippen molar-refractivity contribution in [3.05, 3.63) is 39.9 Å². The van der Waals surface area contributed by atoms with Crippen LogP contribution in [0.1, 0.15) is 77.2 Å². The molecule has 28 heavy (non-hydrogen) atoms. The molecular weight excluding hydrogens is 408 g/mol. The smallest absolute Gasteiger partial charge is 0.0809 e. The summed E-state index contributed by atoms with van der Waals surface area (Å²) in [5, 5.41) is 11.4. The maximum atomic E-state index is 11.4. The maximum absolute atomic E-state index is 11.4. The first-order valence-corrected chi connectivity index (χ1v) is 12.4. The van der Waals surface area contributed by atoms with E-state index in [2.05, 4.69) is 60.1 Å². The zero-order valence-corrected chi connectivity index (χ0v) is 19.0. The predicted molar refractivity (Wildman–Crippen MR) is 120 cm³/mol. The molecule has 0 aliphatic heterocycles. The van der Waals surface area contributed by atoms with E-state index >= 15 is 0 Å². The Balaban J connectivity index is 1.45. The van der Waals surface area contributed by atoms with Crippen molar-refractivity contribution in [3.8, 4) is 0 Å². The summed E-state index contributed by atoms with van der Waals surface area (Å²) in [6.45, 7) is 5.04. The Hall–Kier alpha value is -0.600. The molecule has 0 radical (unpaired) electrons. The Bertz CT molecular complexity index is 767. The fourth-order valence-corrected chi connectivity index (χ4v) is 8.33. The number of rotatable bonds is 1. The van der Waals surface area contributed by atoms with Gasteiger partial charge >= 0.3 is 0 Å². The Morgan fingerprint density at radius 1 is 0.929 bits per heavy atom. The van der Waals surface area contributed by atoms with Crippen LogP contribution < -0.4 is 0 Å². The van der Waals surface area contributed by atoms with Crippen molar-refractivity contribution in [1.82, 2.24) is 0 Å². The molecule has 1 nitrogen and oxygen atoms in total. The van der Waals surface area contributed by atoms with Gasteiger partial charge in [0, 0.05) is 9.89 Å². The third-order valence-corrected chi connectivity index (χ3v) is 10.2. The summed E-state index contributed by atoms with van der Waals surface area (Å²) in [6.07, 6.45) is 14.3. The quantitative estimate of drug-likeness (QED) is 0.485. The van der Waals surface area contributed by atoms with E-state index in [1.807, 2.05) is 0 Å². The van der Waals surface area contributed by atoms with Gasteiger partial charge in [-0.2, -0.15) is 0 Å². The average molecular weight is 443 g/mol. The minimum Gasteiger partial charge on any atom is -0.388 e. The van der Waals surface area contributed by atoms with E-state index in [9.17, 15) is 5.11 Å². The molecule has 4 saturated carbocycles. The van der Waals surface area contributed by atoms with Gasteiger partial charge in [-0.05, 0) is 97.3 Å². The van der Waals surface area contributed by atoms with Crippen LogP contribution in [0.15, 0.2) is 34.3 Å². The summed E-state index contributed by atoms with van der Waals surface area (Å²) in [5.74, 6) is 3.35. The SMILES string of the molecule is CC12CCCCC1CCC1C2CCC2(C)C(O)/C(=C/c3ccc(Br)cc3)CC12. The van der Waals surface area contributed by atoms with Gasteiger partial charge in [-0.1, -0.05) is 60.8 Å². The molecule has 0 spiro atoms. The lowest BCUT2D eigenvalue weighted by molar-refractivity contribution is -0.119. The molecule has 4 aliphatic rings. The lowest BCUT2D eigenvalue weighted by Crippen LogP contribution is -2.53. The number of aliphatic hydroxyl groups is 1. The minimum atomic E-state index is -0.265. The van der Waals surface area contributed by atoms with E-state index in [0.717, 1.165) is 28.6 Å². The molecule has 1 aromatic carbocycles. The van der Waals surface area contributed by atoms with Crippen LogP contribution in [-0.2, 0) is 0 Å². The van der Waals surface area contributed by atoms with Crippen molar-refractivity contribution < 1.29 is 5.11 Å². The molecule has 0 heterocycles. The molecule has 4 fully saturated rings. The zero-order chi connectivity index (χ0) is 19.5. The van der Waals surface area contributed by atoms with Crippen LogP contribution in [-0.4, -0.2) is 11.2 Å². The lowest BCUT2D eigenvalue weighted by Gasteiger charge is -2.60. The summed E-state index contributed by atoms with van der Waals surface area (Å²) in [6, 6.07) is 8.52. The van der Waals surface area contributed by atoms with Crippen molar-refractivity contribution in [2.24, 2.45) is 34.5 Å². The molecule has 0 aromatic heterocycles. The minimum absolute atomic E-state index is 0.0836. The summed E-state index contributed by atoms with van der Waals surface area (Å²) < 4.78 is 1.11. The highest BCUT2D eigenvalue weighted by atomic mass is 79.9. The first-order chi connectivity index (χ1) is 13.4. The first kappa shape index (κ1) is 19.4. The maximum Gasteiger partial charge on any atom is 0.0809 e. The van der Waals surface area contributed by atoms with Crippen LogP contribution in [0.2, 0.25) is 0 Å². The molecule has 7 unspecified atom stereocenters. The first-order valence-electron chi connectivity index (χ1n) is 11.6. The molecule has 0 saturated heterocycles. The van der Waals surface area contributed by atoms with E-state index in [1.54, 1.807) is 0 Å². The predicted octanol–water partition coefficient (Wildman–Crippen LogP) is 7.24.